The van der Waals surface area contributed by atoms with Gasteiger partial charge in [-0.3, -0.25) is 20.4 Å². The van der Waals surface area contributed by atoms with Crippen LogP contribution >= 0.6 is 11.6 Å². The SMILES string of the molecule is CC(Oc1ccccc1F)C(=O)NNC(=O)CCc1ccc(Cl)cc1. The molecule has 0 spiro atoms. The van der Waals surface area contributed by atoms with Crippen LogP contribution in [0.2, 0.25) is 5.02 Å². The van der Waals surface area contributed by atoms with Gasteiger partial charge in [-0.2, -0.15) is 0 Å². The molecule has 0 bridgehead atoms. The Morgan fingerprint density at radius 3 is 2.48 bits per heavy atom. The zero-order valence-corrected chi connectivity index (χ0v) is 14.3. The van der Waals surface area contributed by atoms with Crippen molar-refractivity contribution in [2.75, 3.05) is 0 Å². The van der Waals surface area contributed by atoms with E-state index in [0.717, 1.165) is 5.56 Å². The number of aryl methyl sites for hydroxylation is 1. The molecule has 0 fully saturated rings. The predicted octanol–water partition coefficient (Wildman–Crippen LogP) is 3.03. The Morgan fingerprint density at radius 2 is 1.80 bits per heavy atom. The maximum atomic E-state index is 13.5. The van der Waals surface area contributed by atoms with Gasteiger partial charge in [0.1, 0.15) is 0 Å². The van der Waals surface area contributed by atoms with E-state index in [-0.39, 0.29) is 18.1 Å². The predicted molar refractivity (Wildman–Crippen MR) is 92.5 cm³/mol. The number of ether oxygens (including phenoxy) is 1. The van der Waals surface area contributed by atoms with Crippen LogP contribution in [0.3, 0.4) is 0 Å². The van der Waals surface area contributed by atoms with E-state index in [1.807, 2.05) is 12.1 Å². The van der Waals surface area contributed by atoms with Crippen molar-refractivity contribution in [2.24, 2.45) is 0 Å². The van der Waals surface area contributed by atoms with Crippen molar-refractivity contribution in [1.29, 1.82) is 0 Å². The number of benzene rings is 2. The van der Waals surface area contributed by atoms with Gasteiger partial charge in [-0.1, -0.05) is 35.9 Å². The molecule has 0 saturated carbocycles. The number of hydrazine groups is 1. The second-order valence-corrected chi connectivity index (χ2v) is 5.79. The Bertz CT molecular complexity index is 737. The highest BCUT2D eigenvalue weighted by Crippen LogP contribution is 2.16. The summed E-state index contributed by atoms with van der Waals surface area (Å²) < 4.78 is 18.7. The fourth-order valence-electron chi connectivity index (χ4n) is 1.99. The first-order valence-electron chi connectivity index (χ1n) is 7.70. The molecule has 0 aliphatic carbocycles. The van der Waals surface area contributed by atoms with Crippen molar-refractivity contribution >= 4 is 23.4 Å². The number of nitrogens with one attached hydrogen (secondary N) is 2. The first-order valence-corrected chi connectivity index (χ1v) is 8.08. The Balaban J connectivity index is 1.74. The normalized spacial score (nSPS) is 11.5. The van der Waals surface area contributed by atoms with E-state index in [9.17, 15) is 14.0 Å². The molecule has 0 aliphatic rings. The van der Waals surface area contributed by atoms with Gasteiger partial charge in [-0.25, -0.2) is 4.39 Å². The second-order valence-electron chi connectivity index (χ2n) is 5.35. The minimum absolute atomic E-state index is 0.0285. The molecule has 7 heteroatoms. The quantitative estimate of drug-likeness (QED) is 0.774. The van der Waals surface area contributed by atoms with Gasteiger partial charge in [-0.15, -0.1) is 0 Å². The van der Waals surface area contributed by atoms with Gasteiger partial charge in [-0.05, 0) is 43.2 Å². The van der Waals surface area contributed by atoms with Gasteiger partial charge < -0.3 is 4.74 Å². The van der Waals surface area contributed by atoms with Crippen LogP contribution in [0.1, 0.15) is 18.9 Å². The van der Waals surface area contributed by atoms with Crippen molar-refractivity contribution in [3.05, 3.63) is 64.9 Å². The molecule has 132 valence electrons. The molecular weight excluding hydrogens is 347 g/mol. The number of para-hydroxylation sites is 1. The first-order chi connectivity index (χ1) is 12.0. The largest absolute Gasteiger partial charge is 0.478 e. The highest BCUT2D eigenvalue weighted by molar-refractivity contribution is 6.30. The highest BCUT2D eigenvalue weighted by Gasteiger charge is 2.17. The van der Waals surface area contributed by atoms with Crippen molar-refractivity contribution in [1.82, 2.24) is 10.9 Å². The lowest BCUT2D eigenvalue weighted by atomic mass is 10.1. The Morgan fingerprint density at radius 1 is 1.12 bits per heavy atom. The van der Waals surface area contributed by atoms with E-state index in [1.54, 1.807) is 18.2 Å². The highest BCUT2D eigenvalue weighted by atomic mass is 35.5. The van der Waals surface area contributed by atoms with Crippen LogP contribution in [0, 0.1) is 5.82 Å². The fourth-order valence-corrected chi connectivity index (χ4v) is 2.11. The molecule has 2 aromatic rings. The summed E-state index contributed by atoms with van der Waals surface area (Å²) in [6, 6.07) is 12.9. The Kier molecular flexibility index (Phi) is 6.77. The van der Waals surface area contributed by atoms with Crippen molar-refractivity contribution in [3.63, 3.8) is 0 Å². The maximum absolute atomic E-state index is 13.5. The van der Waals surface area contributed by atoms with E-state index in [1.165, 1.54) is 25.1 Å². The molecule has 2 N–H and O–H groups in total. The number of hydrogen-bond donors (Lipinski definition) is 2. The summed E-state index contributed by atoms with van der Waals surface area (Å²) in [5.74, 6) is -1.52. The molecule has 2 amide bonds. The average Bonchev–Trinajstić information content (AvgIpc) is 2.61. The standard InChI is InChI=1S/C18H18ClFN2O3/c1-12(25-16-5-3-2-4-15(16)20)18(24)22-21-17(23)11-8-13-6-9-14(19)10-7-13/h2-7,9-10,12H,8,11H2,1H3,(H,21,23)(H,22,24). The summed E-state index contributed by atoms with van der Waals surface area (Å²) in [6.45, 7) is 1.46. The van der Waals surface area contributed by atoms with Gasteiger partial charge in [0.2, 0.25) is 5.91 Å². The van der Waals surface area contributed by atoms with Crippen LogP contribution in [0.15, 0.2) is 48.5 Å². The van der Waals surface area contributed by atoms with Crippen molar-refractivity contribution in [2.45, 2.75) is 25.9 Å². The molecule has 0 aliphatic heterocycles. The lowest BCUT2D eigenvalue weighted by molar-refractivity contribution is -0.132. The number of halogens is 2. The van der Waals surface area contributed by atoms with Crippen LogP contribution in [0.4, 0.5) is 4.39 Å². The number of carbonyl (C=O) groups is 2. The van der Waals surface area contributed by atoms with Crippen LogP contribution in [0.25, 0.3) is 0 Å². The van der Waals surface area contributed by atoms with E-state index < -0.39 is 17.8 Å². The van der Waals surface area contributed by atoms with Crippen molar-refractivity contribution in [3.8, 4) is 5.75 Å². The lowest BCUT2D eigenvalue weighted by Crippen LogP contribution is -2.47. The number of carbonyl (C=O) groups excluding carboxylic acids is 2. The van der Waals surface area contributed by atoms with Gasteiger partial charge >= 0.3 is 0 Å². The third-order valence-electron chi connectivity index (χ3n) is 3.39. The summed E-state index contributed by atoms with van der Waals surface area (Å²) in [6.07, 6.45) is -0.251. The third kappa shape index (κ3) is 6.08. The molecule has 1 unspecified atom stereocenters. The van der Waals surface area contributed by atoms with E-state index in [2.05, 4.69) is 10.9 Å². The first kappa shape index (κ1) is 18.7. The zero-order valence-electron chi connectivity index (χ0n) is 13.6. The zero-order chi connectivity index (χ0) is 18.2. The third-order valence-corrected chi connectivity index (χ3v) is 3.64. The molecule has 1 atom stereocenters. The van der Waals surface area contributed by atoms with Gasteiger partial charge in [0.05, 0.1) is 0 Å². The average molecular weight is 365 g/mol. The number of amides is 2. The van der Waals surface area contributed by atoms with Crippen LogP contribution in [-0.2, 0) is 16.0 Å². The fraction of sp³-hybridized carbons (Fsp3) is 0.222. The molecule has 0 radical (unpaired) electrons. The van der Waals surface area contributed by atoms with Crippen molar-refractivity contribution < 1.29 is 18.7 Å². The Labute approximate surface area is 150 Å². The summed E-state index contributed by atoms with van der Waals surface area (Å²) in [5.41, 5.74) is 5.53. The summed E-state index contributed by atoms with van der Waals surface area (Å²) in [7, 11) is 0. The molecule has 0 heterocycles. The monoisotopic (exact) mass is 364 g/mol. The summed E-state index contributed by atoms with van der Waals surface area (Å²) in [4.78, 5) is 23.7. The molecule has 5 nitrogen and oxygen atoms in total. The molecule has 0 saturated heterocycles. The molecule has 25 heavy (non-hydrogen) atoms. The molecule has 2 aromatic carbocycles. The smallest absolute Gasteiger partial charge is 0.279 e. The van der Waals surface area contributed by atoms with Crippen LogP contribution < -0.4 is 15.6 Å². The molecule has 0 aromatic heterocycles. The molecular formula is C18H18ClFN2O3. The van der Waals surface area contributed by atoms with E-state index >= 15 is 0 Å². The maximum Gasteiger partial charge on any atom is 0.279 e. The van der Waals surface area contributed by atoms with Gasteiger partial charge in [0, 0.05) is 11.4 Å². The topological polar surface area (TPSA) is 67.4 Å². The summed E-state index contributed by atoms with van der Waals surface area (Å²) in [5, 5.41) is 0.629. The van der Waals surface area contributed by atoms with Gasteiger partial charge in [0.25, 0.3) is 5.91 Å². The molecule has 2 rings (SSSR count). The minimum Gasteiger partial charge on any atom is -0.478 e. The van der Waals surface area contributed by atoms with Crippen LogP contribution in [0.5, 0.6) is 5.75 Å². The number of hydrogen-bond acceptors (Lipinski definition) is 3. The van der Waals surface area contributed by atoms with Gasteiger partial charge in [0.15, 0.2) is 17.7 Å². The minimum atomic E-state index is -0.964. The summed E-state index contributed by atoms with van der Waals surface area (Å²) >= 11 is 5.79. The lowest BCUT2D eigenvalue weighted by Gasteiger charge is -2.15. The number of rotatable bonds is 6. The Hall–Kier alpha value is -2.60. The van der Waals surface area contributed by atoms with Crippen LogP contribution in [-0.4, -0.2) is 17.9 Å². The second kappa shape index (κ2) is 9.03. The van der Waals surface area contributed by atoms with E-state index in [0.29, 0.717) is 11.4 Å². The van der Waals surface area contributed by atoms with E-state index in [4.69, 9.17) is 16.3 Å².